The highest BCUT2D eigenvalue weighted by Gasteiger charge is 2.38. The van der Waals surface area contributed by atoms with E-state index in [1.165, 1.54) is 12.8 Å². The van der Waals surface area contributed by atoms with Gasteiger partial charge in [-0.25, -0.2) is 9.50 Å². The van der Waals surface area contributed by atoms with Crippen LogP contribution in [0.15, 0.2) is 18.5 Å². The molecule has 1 fully saturated rings. The summed E-state index contributed by atoms with van der Waals surface area (Å²) < 4.78 is 1.92. The zero-order valence-electron chi connectivity index (χ0n) is 12.1. The van der Waals surface area contributed by atoms with E-state index in [1.807, 2.05) is 16.9 Å². The Labute approximate surface area is 114 Å². The first-order chi connectivity index (χ1) is 8.97. The Hall–Kier alpha value is -1.58. The lowest BCUT2D eigenvalue weighted by Crippen LogP contribution is -2.33. The van der Waals surface area contributed by atoms with Crippen LogP contribution in [0.3, 0.4) is 0 Å². The number of hydrogen-bond donors (Lipinski definition) is 1. The molecule has 0 atom stereocenters. The van der Waals surface area contributed by atoms with Gasteiger partial charge in [0.15, 0.2) is 5.82 Å². The maximum Gasteiger partial charge on any atom is 0.152 e. The fraction of sp³-hybridized carbons (Fsp3) is 0.600. The van der Waals surface area contributed by atoms with Gasteiger partial charge in [-0.05, 0) is 44.6 Å². The average molecular weight is 258 g/mol. The van der Waals surface area contributed by atoms with E-state index in [1.54, 1.807) is 0 Å². The first kappa shape index (κ1) is 12.5. The summed E-state index contributed by atoms with van der Waals surface area (Å²) in [7, 11) is 0. The highest BCUT2D eigenvalue weighted by Crippen LogP contribution is 2.41. The molecule has 0 bridgehead atoms. The molecule has 4 heteroatoms. The highest BCUT2D eigenvalue weighted by molar-refractivity contribution is 5.68. The lowest BCUT2D eigenvalue weighted by Gasteiger charge is -2.27. The third kappa shape index (κ3) is 2.31. The van der Waals surface area contributed by atoms with Crippen molar-refractivity contribution in [2.45, 2.75) is 52.0 Å². The second-order valence-electron chi connectivity index (χ2n) is 6.45. The highest BCUT2D eigenvalue weighted by atomic mass is 15.2. The van der Waals surface area contributed by atoms with Gasteiger partial charge >= 0.3 is 0 Å². The standard InChI is InChI=1S/C15H22N4/c1-10(2)12-9-13-14(16-7-8-19(13)18-12)17-15(3,4)11-5-6-11/h7-11H,5-6H2,1-4H3,(H,16,17). The molecule has 0 radical (unpaired) electrons. The summed E-state index contributed by atoms with van der Waals surface area (Å²) in [6.07, 6.45) is 6.37. The third-order valence-electron chi connectivity index (χ3n) is 4.04. The second-order valence-corrected chi connectivity index (χ2v) is 6.45. The average Bonchev–Trinajstić information content (AvgIpc) is 3.09. The Morgan fingerprint density at radius 3 is 2.74 bits per heavy atom. The van der Waals surface area contributed by atoms with Crippen LogP contribution in [0.1, 0.15) is 52.1 Å². The maximum atomic E-state index is 4.60. The largest absolute Gasteiger partial charge is 0.363 e. The van der Waals surface area contributed by atoms with E-state index in [9.17, 15) is 0 Å². The van der Waals surface area contributed by atoms with Crippen LogP contribution in [0.2, 0.25) is 0 Å². The molecule has 0 spiro atoms. The van der Waals surface area contributed by atoms with Gasteiger partial charge in [-0.1, -0.05) is 13.8 Å². The van der Waals surface area contributed by atoms with E-state index in [4.69, 9.17) is 0 Å². The minimum atomic E-state index is 0.108. The zero-order chi connectivity index (χ0) is 13.6. The first-order valence-electron chi connectivity index (χ1n) is 7.10. The molecule has 102 valence electrons. The van der Waals surface area contributed by atoms with Crippen LogP contribution in [0.5, 0.6) is 0 Å². The molecule has 2 aromatic rings. The Kier molecular flexibility index (Phi) is 2.77. The molecule has 19 heavy (non-hydrogen) atoms. The van der Waals surface area contributed by atoms with Crippen molar-refractivity contribution in [3.05, 3.63) is 24.2 Å². The van der Waals surface area contributed by atoms with Crippen molar-refractivity contribution in [1.29, 1.82) is 0 Å². The lowest BCUT2D eigenvalue weighted by molar-refractivity contribution is 0.493. The van der Waals surface area contributed by atoms with Crippen molar-refractivity contribution < 1.29 is 0 Å². The van der Waals surface area contributed by atoms with Gasteiger partial charge in [0.2, 0.25) is 0 Å². The smallest absolute Gasteiger partial charge is 0.152 e. The molecule has 1 aliphatic carbocycles. The second kappa shape index (κ2) is 4.22. The van der Waals surface area contributed by atoms with Crippen LogP contribution in [0.25, 0.3) is 5.52 Å². The normalized spacial score (nSPS) is 16.3. The number of aromatic nitrogens is 3. The molecule has 0 aliphatic heterocycles. The van der Waals surface area contributed by atoms with Crippen LogP contribution in [-0.2, 0) is 0 Å². The minimum absolute atomic E-state index is 0.108. The topological polar surface area (TPSA) is 42.2 Å². The van der Waals surface area contributed by atoms with E-state index in [0.717, 1.165) is 22.9 Å². The van der Waals surface area contributed by atoms with Gasteiger partial charge in [-0.3, -0.25) is 0 Å². The molecule has 1 saturated carbocycles. The van der Waals surface area contributed by atoms with Gasteiger partial charge in [0.1, 0.15) is 5.52 Å². The van der Waals surface area contributed by atoms with Gasteiger partial charge in [-0.15, -0.1) is 0 Å². The summed E-state index contributed by atoms with van der Waals surface area (Å²) in [4.78, 5) is 4.50. The van der Waals surface area contributed by atoms with Crippen LogP contribution in [-0.4, -0.2) is 20.1 Å². The van der Waals surface area contributed by atoms with Crippen molar-refractivity contribution in [3.63, 3.8) is 0 Å². The summed E-state index contributed by atoms with van der Waals surface area (Å²) in [6, 6.07) is 2.14. The number of nitrogens with zero attached hydrogens (tertiary/aromatic N) is 3. The minimum Gasteiger partial charge on any atom is -0.363 e. The Morgan fingerprint density at radius 2 is 2.11 bits per heavy atom. The molecule has 2 aromatic heterocycles. The predicted molar refractivity (Wildman–Crippen MR) is 77.5 cm³/mol. The Morgan fingerprint density at radius 1 is 1.37 bits per heavy atom. The number of nitrogens with one attached hydrogen (secondary N) is 1. The van der Waals surface area contributed by atoms with E-state index in [-0.39, 0.29) is 5.54 Å². The number of hydrogen-bond acceptors (Lipinski definition) is 3. The summed E-state index contributed by atoms with van der Waals surface area (Å²) >= 11 is 0. The maximum absolute atomic E-state index is 4.60. The Bertz CT molecular complexity index is 593. The zero-order valence-corrected chi connectivity index (χ0v) is 12.1. The molecule has 0 amide bonds. The lowest BCUT2D eigenvalue weighted by atomic mass is 9.99. The van der Waals surface area contributed by atoms with E-state index in [0.29, 0.717) is 5.92 Å². The van der Waals surface area contributed by atoms with Crippen molar-refractivity contribution in [2.75, 3.05) is 5.32 Å². The van der Waals surface area contributed by atoms with E-state index < -0.39 is 0 Å². The summed E-state index contributed by atoms with van der Waals surface area (Å²) in [6.45, 7) is 8.85. The molecule has 1 N–H and O–H groups in total. The SMILES string of the molecule is CC(C)c1cc2c(NC(C)(C)C3CC3)nccn2n1. The van der Waals surface area contributed by atoms with E-state index in [2.05, 4.69) is 49.2 Å². The van der Waals surface area contributed by atoms with Gasteiger partial charge < -0.3 is 5.32 Å². The van der Waals surface area contributed by atoms with Gasteiger partial charge in [0, 0.05) is 17.9 Å². The van der Waals surface area contributed by atoms with Gasteiger partial charge in [0.25, 0.3) is 0 Å². The molecule has 2 heterocycles. The molecule has 3 rings (SSSR count). The van der Waals surface area contributed by atoms with Crippen LogP contribution < -0.4 is 5.32 Å². The molecular formula is C15H22N4. The van der Waals surface area contributed by atoms with Crippen LogP contribution in [0, 0.1) is 5.92 Å². The van der Waals surface area contributed by atoms with E-state index >= 15 is 0 Å². The number of anilines is 1. The van der Waals surface area contributed by atoms with Crippen molar-refractivity contribution >= 4 is 11.3 Å². The van der Waals surface area contributed by atoms with Gasteiger partial charge in [0.05, 0.1) is 5.69 Å². The summed E-state index contributed by atoms with van der Waals surface area (Å²) in [5.74, 6) is 2.14. The fourth-order valence-electron chi connectivity index (χ4n) is 2.53. The monoisotopic (exact) mass is 258 g/mol. The van der Waals surface area contributed by atoms with Crippen LogP contribution in [0.4, 0.5) is 5.82 Å². The Balaban J connectivity index is 1.98. The quantitative estimate of drug-likeness (QED) is 0.913. The molecule has 0 unspecified atom stereocenters. The molecule has 1 aliphatic rings. The van der Waals surface area contributed by atoms with Crippen LogP contribution >= 0.6 is 0 Å². The van der Waals surface area contributed by atoms with Crippen molar-refractivity contribution in [3.8, 4) is 0 Å². The van der Waals surface area contributed by atoms with Crippen molar-refractivity contribution in [1.82, 2.24) is 14.6 Å². The predicted octanol–water partition coefficient (Wildman–Crippen LogP) is 3.45. The number of rotatable bonds is 4. The van der Waals surface area contributed by atoms with Gasteiger partial charge in [-0.2, -0.15) is 5.10 Å². The molecule has 4 nitrogen and oxygen atoms in total. The number of fused-ring (bicyclic) bond motifs is 1. The third-order valence-corrected chi connectivity index (χ3v) is 4.04. The fourth-order valence-corrected chi connectivity index (χ4v) is 2.53. The van der Waals surface area contributed by atoms with Crippen molar-refractivity contribution in [2.24, 2.45) is 5.92 Å². The first-order valence-corrected chi connectivity index (χ1v) is 7.10. The summed E-state index contributed by atoms with van der Waals surface area (Å²) in [5, 5.41) is 8.20. The molecule has 0 saturated heterocycles. The molecule has 0 aromatic carbocycles. The molecular weight excluding hydrogens is 236 g/mol. The summed E-state index contributed by atoms with van der Waals surface area (Å²) in [5.41, 5.74) is 2.29.